The van der Waals surface area contributed by atoms with Gasteiger partial charge in [-0.3, -0.25) is 9.67 Å². The second-order valence-electron chi connectivity index (χ2n) is 2.95. The van der Waals surface area contributed by atoms with Crippen LogP contribution >= 0.6 is 12.2 Å². The summed E-state index contributed by atoms with van der Waals surface area (Å²) in [6.45, 7) is 0. The van der Waals surface area contributed by atoms with E-state index in [1.165, 1.54) is 0 Å². The summed E-state index contributed by atoms with van der Waals surface area (Å²) in [5, 5.41) is 15.3. The number of hydrogen-bond donors (Lipinski definition) is 1. The number of nitrogens with one attached hydrogen (secondary N) is 1. The largest absolute Gasteiger partial charge is 0.271 e. The first kappa shape index (κ1) is 9.62. The van der Waals surface area contributed by atoms with E-state index in [9.17, 15) is 0 Å². The van der Waals surface area contributed by atoms with Crippen molar-refractivity contribution in [1.29, 1.82) is 5.26 Å². The minimum absolute atomic E-state index is 0.238. The average Bonchev–Trinajstić information content (AvgIpc) is 2.62. The van der Waals surface area contributed by atoms with Gasteiger partial charge in [-0.1, -0.05) is 18.2 Å². The third kappa shape index (κ3) is 1.80. The molecule has 0 atom stereocenters. The van der Waals surface area contributed by atoms with Gasteiger partial charge in [0.05, 0.1) is 12.5 Å². The van der Waals surface area contributed by atoms with Gasteiger partial charge >= 0.3 is 0 Å². The van der Waals surface area contributed by atoms with E-state index in [0.717, 1.165) is 5.69 Å². The van der Waals surface area contributed by atoms with Crippen LogP contribution in [0.4, 0.5) is 0 Å². The number of para-hydroxylation sites is 1. The summed E-state index contributed by atoms with van der Waals surface area (Å²) in [6, 6.07) is 11.7. The molecule has 0 aliphatic carbocycles. The molecule has 0 spiro atoms. The van der Waals surface area contributed by atoms with Gasteiger partial charge in [0, 0.05) is 5.69 Å². The van der Waals surface area contributed by atoms with E-state index in [1.807, 2.05) is 30.3 Å². The SMILES string of the molecule is N#CCc1n[nH]c(=S)n1-c1ccccc1. The molecule has 2 rings (SSSR count). The number of aromatic nitrogens is 3. The molecule has 5 heteroatoms. The van der Waals surface area contributed by atoms with E-state index in [1.54, 1.807) is 4.57 Å². The topological polar surface area (TPSA) is 57.4 Å². The van der Waals surface area contributed by atoms with Gasteiger partial charge in [-0.05, 0) is 24.4 Å². The summed E-state index contributed by atoms with van der Waals surface area (Å²) in [5.74, 6) is 0.633. The Morgan fingerprint density at radius 2 is 2.13 bits per heavy atom. The molecule has 0 aliphatic heterocycles. The van der Waals surface area contributed by atoms with Crippen LogP contribution < -0.4 is 0 Å². The number of aromatic amines is 1. The lowest BCUT2D eigenvalue weighted by Gasteiger charge is -2.03. The van der Waals surface area contributed by atoms with Crippen LogP contribution in [-0.2, 0) is 6.42 Å². The molecule has 0 bridgehead atoms. The van der Waals surface area contributed by atoms with E-state index >= 15 is 0 Å². The van der Waals surface area contributed by atoms with Crippen molar-refractivity contribution in [2.24, 2.45) is 0 Å². The third-order valence-electron chi connectivity index (χ3n) is 1.99. The second-order valence-corrected chi connectivity index (χ2v) is 3.34. The first-order valence-corrected chi connectivity index (χ1v) is 4.82. The Balaban J connectivity index is 2.58. The highest BCUT2D eigenvalue weighted by molar-refractivity contribution is 7.71. The summed E-state index contributed by atoms with van der Waals surface area (Å²) in [5.41, 5.74) is 0.918. The molecular weight excluding hydrogens is 208 g/mol. The van der Waals surface area contributed by atoms with Crippen molar-refractivity contribution in [2.75, 3.05) is 0 Å². The smallest absolute Gasteiger partial charge is 0.199 e. The van der Waals surface area contributed by atoms with Gasteiger partial charge < -0.3 is 0 Å². The quantitative estimate of drug-likeness (QED) is 0.781. The van der Waals surface area contributed by atoms with Gasteiger partial charge in [0.15, 0.2) is 4.77 Å². The van der Waals surface area contributed by atoms with Crippen molar-refractivity contribution in [3.05, 3.63) is 40.9 Å². The predicted octanol–water partition coefficient (Wildman–Crippen LogP) is 2.00. The number of hydrogen-bond acceptors (Lipinski definition) is 3. The van der Waals surface area contributed by atoms with Gasteiger partial charge in [-0.25, -0.2) is 0 Å². The van der Waals surface area contributed by atoms with Gasteiger partial charge in [0.25, 0.3) is 0 Å². The average molecular weight is 216 g/mol. The molecule has 1 aromatic carbocycles. The van der Waals surface area contributed by atoms with Crippen LogP contribution in [0.15, 0.2) is 30.3 Å². The molecule has 0 amide bonds. The van der Waals surface area contributed by atoms with Crippen LogP contribution in [0, 0.1) is 16.1 Å². The maximum absolute atomic E-state index is 8.65. The second kappa shape index (κ2) is 4.07. The Bertz CT molecular complexity index is 547. The zero-order valence-electron chi connectivity index (χ0n) is 7.84. The molecule has 15 heavy (non-hydrogen) atoms. The molecule has 1 heterocycles. The molecule has 2 aromatic rings. The molecule has 0 unspecified atom stereocenters. The zero-order valence-corrected chi connectivity index (χ0v) is 8.66. The highest BCUT2D eigenvalue weighted by atomic mass is 32.1. The Kier molecular flexibility index (Phi) is 2.61. The number of H-pyrrole nitrogens is 1. The molecule has 1 aromatic heterocycles. The monoisotopic (exact) mass is 216 g/mol. The molecule has 0 fully saturated rings. The van der Waals surface area contributed by atoms with Crippen LogP contribution in [-0.4, -0.2) is 14.8 Å². The first-order chi connectivity index (χ1) is 7.33. The Hall–Kier alpha value is -1.93. The first-order valence-electron chi connectivity index (χ1n) is 4.41. The van der Waals surface area contributed by atoms with Gasteiger partial charge in [-0.15, -0.1) is 0 Å². The lowest BCUT2D eigenvalue weighted by atomic mass is 10.3. The van der Waals surface area contributed by atoms with E-state index in [0.29, 0.717) is 10.6 Å². The summed E-state index contributed by atoms with van der Waals surface area (Å²) in [6.07, 6.45) is 0.238. The molecule has 0 aliphatic rings. The summed E-state index contributed by atoms with van der Waals surface area (Å²) in [4.78, 5) is 0. The number of benzene rings is 1. The lowest BCUT2D eigenvalue weighted by Crippen LogP contribution is -2.00. The summed E-state index contributed by atoms with van der Waals surface area (Å²) < 4.78 is 2.27. The fraction of sp³-hybridized carbons (Fsp3) is 0.100. The van der Waals surface area contributed by atoms with E-state index in [4.69, 9.17) is 17.5 Å². The zero-order chi connectivity index (χ0) is 10.7. The molecule has 0 saturated carbocycles. The van der Waals surface area contributed by atoms with Crippen molar-refractivity contribution in [2.45, 2.75) is 6.42 Å². The highest BCUT2D eigenvalue weighted by Crippen LogP contribution is 2.10. The predicted molar refractivity (Wildman–Crippen MR) is 58.1 cm³/mol. The molecule has 0 radical (unpaired) electrons. The number of nitriles is 1. The van der Waals surface area contributed by atoms with E-state index in [-0.39, 0.29) is 6.42 Å². The van der Waals surface area contributed by atoms with Gasteiger partial charge in [-0.2, -0.15) is 10.4 Å². The minimum atomic E-state index is 0.238. The highest BCUT2D eigenvalue weighted by Gasteiger charge is 2.06. The van der Waals surface area contributed by atoms with E-state index in [2.05, 4.69) is 16.3 Å². The minimum Gasteiger partial charge on any atom is -0.271 e. The van der Waals surface area contributed by atoms with Crippen molar-refractivity contribution >= 4 is 12.2 Å². The molecule has 1 N–H and O–H groups in total. The molecule has 0 saturated heterocycles. The normalized spacial score (nSPS) is 9.80. The van der Waals surface area contributed by atoms with Crippen LogP contribution in [0.25, 0.3) is 5.69 Å². The standard InChI is InChI=1S/C10H8N4S/c11-7-6-9-12-13-10(15)14(9)8-4-2-1-3-5-8/h1-5H,6H2,(H,13,15). The van der Waals surface area contributed by atoms with Crippen molar-refractivity contribution < 1.29 is 0 Å². The Morgan fingerprint density at radius 1 is 1.40 bits per heavy atom. The van der Waals surface area contributed by atoms with Gasteiger partial charge in [0.1, 0.15) is 5.82 Å². The number of rotatable bonds is 2. The van der Waals surface area contributed by atoms with E-state index < -0.39 is 0 Å². The van der Waals surface area contributed by atoms with Crippen LogP contribution in [0.2, 0.25) is 0 Å². The van der Waals surface area contributed by atoms with Crippen LogP contribution in [0.1, 0.15) is 5.82 Å². The lowest BCUT2D eigenvalue weighted by molar-refractivity contribution is 0.921. The van der Waals surface area contributed by atoms with Crippen LogP contribution in [0.3, 0.4) is 0 Å². The fourth-order valence-electron chi connectivity index (χ4n) is 1.36. The molecule has 74 valence electrons. The summed E-state index contributed by atoms with van der Waals surface area (Å²) in [7, 11) is 0. The van der Waals surface area contributed by atoms with Crippen molar-refractivity contribution in [3.63, 3.8) is 0 Å². The van der Waals surface area contributed by atoms with Crippen molar-refractivity contribution in [3.8, 4) is 11.8 Å². The van der Waals surface area contributed by atoms with Gasteiger partial charge in [0.2, 0.25) is 0 Å². The van der Waals surface area contributed by atoms with Crippen LogP contribution in [0.5, 0.6) is 0 Å². The summed E-state index contributed by atoms with van der Waals surface area (Å²) >= 11 is 5.10. The Labute approximate surface area is 91.8 Å². The number of nitrogens with zero attached hydrogens (tertiary/aromatic N) is 3. The fourth-order valence-corrected chi connectivity index (χ4v) is 1.62. The maximum atomic E-state index is 8.65. The maximum Gasteiger partial charge on any atom is 0.199 e. The molecule has 4 nitrogen and oxygen atoms in total. The van der Waals surface area contributed by atoms with Crippen molar-refractivity contribution in [1.82, 2.24) is 14.8 Å². The third-order valence-corrected chi connectivity index (χ3v) is 2.27. The Morgan fingerprint density at radius 3 is 2.80 bits per heavy atom. The molecular formula is C10H8N4S.